The van der Waals surface area contributed by atoms with Gasteiger partial charge in [0, 0.05) is 58.1 Å². The van der Waals surface area contributed by atoms with Crippen molar-refractivity contribution in [2.24, 2.45) is 0 Å². The van der Waals surface area contributed by atoms with E-state index in [1.54, 1.807) is 6.92 Å². The number of fused-ring (bicyclic) bond motifs is 1. The molecule has 0 fully saturated rings. The lowest BCUT2D eigenvalue weighted by Crippen LogP contribution is -2.39. The second-order valence-corrected chi connectivity index (χ2v) is 9.02. The molecule has 1 aliphatic rings. The molecule has 188 valence electrons. The molecule has 0 saturated carbocycles. The summed E-state index contributed by atoms with van der Waals surface area (Å²) in [5, 5.41) is 0. The van der Waals surface area contributed by atoms with E-state index in [9.17, 15) is 9.59 Å². The molecule has 2 amide bonds. The van der Waals surface area contributed by atoms with Gasteiger partial charge in [-0.1, -0.05) is 42.5 Å². The van der Waals surface area contributed by atoms with Gasteiger partial charge in [-0.15, -0.1) is 0 Å². The lowest BCUT2D eigenvalue weighted by molar-refractivity contribution is -0.134. The number of ether oxygens (including phenoxy) is 1. The van der Waals surface area contributed by atoms with E-state index in [-0.39, 0.29) is 18.4 Å². The first-order valence-corrected chi connectivity index (χ1v) is 12.5. The van der Waals surface area contributed by atoms with Crippen LogP contribution in [-0.4, -0.2) is 59.4 Å². The zero-order valence-corrected chi connectivity index (χ0v) is 20.9. The van der Waals surface area contributed by atoms with E-state index in [1.165, 1.54) is 0 Å². The number of carbonyl (C=O) groups is 2. The van der Waals surface area contributed by atoms with Crippen molar-refractivity contribution in [3.8, 4) is 5.75 Å². The number of carbonyl (C=O) groups excluding carboxylic acids is 2. The van der Waals surface area contributed by atoms with Gasteiger partial charge in [-0.25, -0.2) is 0 Å². The third-order valence-corrected chi connectivity index (χ3v) is 6.35. The Bertz CT molecular complexity index is 1120. The van der Waals surface area contributed by atoms with Crippen LogP contribution in [0.1, 0.15) is 31.0 Å². The van der Waals surface area contributed by atoms with Crippen molar-refractivity contribution < 1.29 is 14.3 Å². The fourth-order valence-electron chi connectivity index (χ4n) is 4.53. The van der Waals surface area contributed by atoms with Crippen molar-refractivity contribution in [2.75, 3.05) is 37.7 Å². The molecule has 0 bridgehead atoms. The van der Waals surface area contributed by atoms with Crippen LogP contribution < -0.4 is 9.64 Å². The molecule has 7 heteroatoms. The molecule has 0 saturated heterocycles. The largest absolute Gasteiger partial charge is 0.484 e. The van der Waals surface area contributed by atoms with Crippen molar-refractivity contribution in [3.05, 3.63) is 90.3 Å². The van der Waals surface area contributed by atoms with Gasteiger partial charge in [-0.2, -0.15) is 0 Å². The molecule has 0 spiro atoms. The Morgan fingerprint density at radius 2 is 1.58 bits per heavy atom. The molecule has 1 aromatic heterocycles. The summed E-state index contributed by atoms with van der Waals surface area (Å²) in [6.07, 6.45) is 3.50. The molecule has 0 aliphatic carbocycles. The standard InChI is InChI=1S/C29H34N4O3/c1-24(34)33-20-10-18-31(22-26-12-7-8-16-30-26)17-9-19-32(21-25-11-5-6-15-28(25)33)29(35)23-36-27-13-3-2-4-14-27/h2-8,11-16H,9-10,17-23H2,1H3. The van der Waals surface area contributed by atoms with E-state index >= 15 is 0 Å². The normalized spacial score (nSPS) is 15.4. The van der Waals surface area contributed by atoms with Crippen LogP contribution in [0.5, 0.6) is 5.75 Å². The van der Waals surface area contributed by atoms with Crippen molar-refractivity contribution in [1.82, 2.24) is 14.8 Å². The number of pyridine rings is 1. The number of hydrogen-bond donors (Lipinski definition) is 0. The van der Waals surface area contributed by atoms with Crippen molar-refractivity contribution in [2.45, 2.75) is 32.9 Å². The fourth-order valence-corrected chi connectivity index (χ4v) is 4.53. The maximum absolute atomic E-state index is 13.3. The molecule has 2 heterocycles. The third-order valence-electron chi connectivity index (χ3n) is 6.35. The molecule has 0 atom stereocenters. The highest BCUT2D eigenvalue weighted by Gasteiger charge is 2.22. The minimum Gasteiger partial charge on any atom is -0.484 e. The first-order valence-electron chi connectivity index (χ1n) is 12.5. The highest BCUT2D eigenvalue weighted by Crippen LogP contribution is 2.24. The van der Waals surface area contributed by atoms with Gasteiger partial charge in [-0.3, -0.25) is 19.5 Å². The number of benzene rings is 2. The molecule has 0 unspecified atom stereocenters. The van der Waals surface area contributed by atoms with Gasteiger partial charge in [0.15, 0.2) is 6.61 Å². The Balaban J connectivity index is 1.54. The van der Waals surface area contributed by atoms with Crippen LogP contribution in [-0.2, 0) is 22.7 Å². The summed E-state index contributed by atoms with van der Waals surface area (Å²) in [6.45, 7) is 5.64. The molecular formula is C29H34N4O3. The smallest absolute Gasteiger partial charge is 0.260 e. The van der Waals surface area contributed by atoms with Crippen LogP contribution in [0.3, 0.4) is 0 Å². The zero-order chi connectivity index (χ0) is 25.2. The molecule has 3 aromatic rings. The fraction of sp³-hybridized carbons (Fsp3) is 0.345. The van der Waals surface area contributed by atoms with E-state index in [0.717, 1.165) is 49.4 Å². The first kappa shape index (κ1) is 25.4. The highest BCUT2D eigenvalue weighted by molar-refractivity contribution is 5.92. The van der Waals surface area contributed by atoms with Gasteiger partial charge >= 0.3 is 0 Å². The second kappa shape index (κ2) is 12.8. The average molecular weight is 487 g/mol. The molecular weight excluding hydrogens is 452 g/mol. The summed E-state index contributed by atoms with van der Waals surface area (Å²) >= 11 is 0. The van der Waals surface area contributed by atoms with Gasteiger partial charge in [0.2, 0.25) is 5.91 Å². The predicted octanol–water partition coefficient (Wildman–Crippen LogP) is 4.14. The Labute approximate surface area is 213 Å². The number of nitrogens with zero attached hydrogens (tertiary/aromatic N) is 4. The highest BCUT2D eigenvalue weighted by atomic mass is 16.5. The van der Waals surface area contributed by atoms with Crippen LogP contribution in [0.15, 0.2) is 79.0 Å². The van der Waals surface area contributed by atoms with Gasteiger partial charge in [0.1, 0.15) is 5.75 Å². The number of amides is 2. The maximum atomic E-state index is 13.3. The molecule has 0 N–H and O–H groups in total. The third kappa shape index (κ3) is 7.15. The number of para-hydroxylation sites is 2. The van der Waals surface area contributed by atoms with E-state index < -0.39 is 0 Å². The summed E-state index contributed by atoms with van der Waals surface area (Å²) in [5.41, 5.74) is 2.85. The number of anilines is 1. The van der Waals surface area contributed by atoms with Crippen molar-refractivity contribution in [1.29, 1.82) is 0 Å². The Morgan fingerprint density at radius 3 is 2.33 bits per heavy atom. The Hall–Kier alpha value is -3.71. The van der Waals surface area contributed by atoms with Crippen LogP contribution in [0, 0.1) is 0 Å². The zero-order valence-electron chi connectivity index (χ0n) is 20.9. The quantitative estimate of drug-likeness (QED) is 0.542. The van der Waals surface area contributed by atoms with Crippen LogP contribution >= 0.6 is 0 Å². The summed E-state index contributed by atoms with van der Waals surface area (Å²) in [7, 11) is 0. The lowest BCUT2D eigenvalue weighted by Gasteiger charge is -2.31. The first-order chi connectivity index (χ1) is 17.6. The van der Waals surface area contributed by atoms with Crippen LogP contribution in [0.2, 0.25) is 0 Å². The van der Waals surface area contributed by atoms with E-state index in [1.807, 2.05) is 88.8 Å². The Morgan fingerprint density at radius 1 is 0.861 bits per heavy atom. The van der Waals surface area contributed by atoms with Gasteiger partial charge < -0.3 is 14.5 Å². The number of aromatic nitrogens is 1. The van der Waals surface area contributed by atoms with Gasteiger partial charge in [0.05, 0.1) is 5.69 Å². The topological polar surface area (TPSA) is 66.0 Å². The average Bonchev–Trinajstić information content (AvgIpc) is 2.89. The maximum Gasteiger partial charge on any atom is 0.260 e. The summed E-state index contributed by atoms with van der Waals surface area (Å²) in [5.74, 6) is 0.599. The summed E-state index contributed by atoms with van der Waals surface area (Å²) in [6, 6.07) is 23.2. The minimum atomic E-state index is -0.0728. The summed E-state index contributed by atoms with van der Waals surface area (Å²) in [4.78, 5) is 36.4. The van der Waals surface area contributed by atoms with Crippen molar-refractivity contribution in [3.63, 3.8) is 0 Å². The van der Waals surface area contributed by atoms with E-state index in [4.69, 9.17) is 4.74 Å². The van der Waals surface area contributed by atoms with E-state index in [0.29, 0.717) is 25.4 Å². The minimum absolute atomic E-state index is 0.000993. The molecule has 2 aromatic carbocycles. The van der Waals surface area contributed by atoms with Gasteiger partial charge in [0.25, 0.3) is 5.91 Å². The van der Waals surface area contributed by atoms with Crippen LogP contribution in [0.4, 0.5) is 5.69 Å². The summed E-state index contributed by atoms with van der Waals surface area (Å²) < 4.78 is 5.77. The predicted molar refractivity (Wildman–Crippen MR) is 141 cm³/mol. The van der Waals surface area contributed by atoms with Crippen LogP contribution in [0.25, 0.3) is 0 Å². The monoisotopic (exact) mass is 486 g/mol. The van der Waals surface area contributed by atoms with Gasteiger partial charge in [-0.05, 0) is 48.7 Å². The second-order valence-electron chi connectivity index (χ2n) is 9.02. The molecule has 7 nitrogen and oxygen atoms in total. The van der Waals surface area contributed by atoms with Crippen molar-refractivity contribution >= 4 is 17.5 Å². The molecule has 0 radical (unpaired) electrons. The molecule has 1 aliphatic heterocycles. The molecule has 36 heavy (non-hydrogen) atoms. The van der Waals surface area contributed by atoms with E-state index in [2.05, 4.69) is 9.88 Å². The lowest BCUT2D eigenvalue weighted by atomic mass is 10.1. The number of hydrogen-bond acceptors (Lipinski definition) is 5. The Kier molecular flexibility index (Phi) is 9.05. The number of rotatable bonds is 5. The molecule has 4 rings (SSSR count). The SMILES string of the molecule is CC(=O)N1CCCN(Cc2ccccn2)CCCN(C(=O)COc2ccccc2)Cc2ccccc21.